The van der Waals surface area contributed by atoms with Crippen molar-refractivity contribution in [2.24, 2.45) is 11.8 Å². The quantitative estimate of drug-likeness (QED) is 0.756. The highest BCUT2D eigenvalue weighted by atomic mass is 16.2. The van der Waals surface area contributed by atoms with E-state index in [0.29, 0.717) is 6.04 Å². The van der Waals surface area contributed by atoms with Crippen molar-refractivity contribution >= 4 is 6.03 Å². The summed E-state index contributed by atoms with van der Waals surface area (Å²) in [4.78, 5) is 16.8. The molecule has 2 rings (SSSR count). The second-order valence-corrected chi connectivity index (χ2v) is 7.99. The first-order chi connectivity index (χ1) is 11.1. The van der Waals surface area contributed by atoms with E-state index in [1.165, 1.54) is 64.6 Å². The number of nitrogens with one attached hydrogen (secondary N) is 1. The third kappa shape index (κ3) is 6.33. The SMILES string of the molecule is CC1CCC(N(C)C(=O)NCCCCN2CCC(C)CC2)CC1. The number of hydrogen-bond donors (Lipinski definition) is 1. The lowest BCUT2D eigenvalue weighted by Crippen LogP contribution is -2.45. The van der Waals surface area contributed by atoms with Crippen LogP contribution in [0.5, 0.6) is 0 Å². The van der Waals surface area contributed by atoms with Crippen LogP contribution in [0.15, 0.2) is 0 Å². The van der Waals surface area contributed by atoms with Gasteiger partial charge < -0.3 is 15.1 Å². The van der Waals surface area contributed by atoms with Crippen LogP contribution in [0.1, 0.15) is 65.2 Å². The molecule has 2 amide bonds. The molecule has 0 spiro atoms. The number of carbonyl (C=O) groups excluding carboxylic acids is 1. The summed E-state index contributed by atoms with van der Waals surface area (Å²) >= 11 is 0. The number of nitrogens with zero attached hydrogens (tertiary/aromatic N) is 2. The lowest BCUT2D eigenvalue weighted by molar-refractivity contribution is 0.163. The molecule has 1 saturated carbocycles. The van der Waals surface area contributed by atoms with Gasteiger partial charge in [-0.15, -0.1) is 0 Å². The van der Waals surface area contributed by atoms with Crippen molar-refractivity contribution in [3.63, 3.8) is 0 Å². The van der Waals surface area contributed by atoms with Crippen LogP contribution in [-0.4, -0.2) is 55.1 Å². The van der Waals surface area contributed by atoms with E-state index in [0.717, 1.165) is 24.8 Å². The highest BCUT2D eigenvalue weighted by molar-refractivity contribution is 5.74. The molecule has 1 aliphatic heterocycles. The Hall–Kier alpha value is -0.770. The van der Waals surface area contributed by atoms with E-state index in [9.17, 15) is 4.79 Å². The van der Waals surface area contributed by atoms with Crippen LogP contribution in [0.4, 0.5) is 4.79 Å². The Morgan fingerprint density at radius 2 is 1.61 bits per heavy atom. The summed E-state index contributed by atoms with van der Waals surface area (Å²) in [6, 6.07) is 0.567. The first kappa shape index (κ1) is 18.6. The molecular weight excluding hydrogens is 286 g/mol. The van der Waals surface area contributed by atoms with Crippen LogP contribution in [-0.2, 0) is 0 Å². The second kappa shape index (κ2) is 9.51. The van der Waals surface area contributed by atoms with Crippen molar-refractivity contribution in [3.8, 4) is 0 Å². The summed E-state index contributed by atoms with van der Waals surface area (Å²) in [5.74, 6) is 1.74. The van der Waals surface area contributed by atoms with Gasteiger partial charge in [0.25, 0.3) is 0 Å². The molecule has 2 fully saturated rings. The Bertz CT molecular complexity index is 345. The largest absolute Gasteiger partial charge is 0.338 e. The maximum atomic E-state index is 12.2. The van der Waals surface area contributed by atoms with Crippen LogP contribution >= 0.6 is 0 Å². The molecule has 0 aromatic carbocycles. The lowest BCUT2D eigenvalue weighted by Gasteiger charge is -2.33. The van der Waals surface area contributed by atoms with Gasteiger partial charge in [-0.05, 0) is 82.8 Å². The summed E-state index contributed by atoms with van der Waals surface area (Å²) in [6.45, 7) is 9.21. The minimum absolute atomic E-state index is 0.122. The van der Waals surface area contributed by atoms with Gasteiger partial charge in [0.05, 0.1) is 0 Å². The van der Waals surface area contributed by atoms with Gasteiger partial charge >= 0.3 is 6.03 Å². The molecular formula is C19H37N3O. The van der Waals surface area contributed by atoms with E-state index in [1.54, 1.807) is 0 Å². The summed E-state index contributed by atoms with van der Waals surface area (Å²) in [5.41, 5.74) is 0. The summed E-state index contributed by atoms with van der Waals surface area (Å²) < 4.78 is 0. The Balaban J connectivity index is 1.52. The zero-order chi connectivity index (χ0) is 16.7. The molecule has 23 heavy (non-hydrogen) atoms. The van der Waals surface area contributed by atoms with Crippen molar-refractivity contribution in [2.75, 3.05) is 33.2 Å². The molecule has 134 valence electrons. The summed E-state index contributed by atoms with van der Waals surface area (Å²) in [5, 5.41) is 3.10. The van der Waals surface area contributed by atoms with Gasteiger partial charge in [-0.2, -0.15) is 0 Å². The maximum Gasteiger partial charge on any atom is 0.317 e. The Morgan fingerprint density at radius 1 is 1.00 bits per heavy atom. The van der Waals surface area contributed by atoms with Crippen LogP contribution in [0.3, 0.4) is 0 Å². The number of urea groups is 1. The molecule has 2 aliphatic rings. The molecule has 4 heteroatoms. The van der Waals surface area contributed by atoms with Crippen LogP contribution in [0.2, 0.25) is 0 Å². The Kier molecular flexibility index (Phi) is 7.68. The van der Waals surface area contributed by atoms with Crippen molar-refractivity contribution in [3.05, 3.63) is 0 Å². The average molecular weight is 324 g/mol. The summed E-state index contributed by atoms with van der Waals surface area (Å²) in [7, 11) is 1.96. The van der Waals surface area contributed by atoms with E-state index in [1.807, 2.05) is 11.9 Å². The normalized spacial score (nSPS) is 26.9. The van der Waals surface area contributed by atoms with Crippen molar-refractivity contribution in [1.29, 1.82) is 0 Å². The topological polar surface area (TPSA) is 35.6 Å². The number of likely N-dealkylation sites (tertiary alicyclic amines) is 1. The maximum absolute atomic E-state index is 12.2. The zero-order valence-electron chi connectivity index (χ0n) is 15.5. The molecule has 0 aromatic rings. The van der Waals surface area contributed by atoms with Crippen LogP contribution in [0, 0.1) is 11.8 Å². The van der Waals surface area contributed by atoms with E-state index in [4.69, 9.17) is 0 Å². The molecule has 0 bridgehead atoms. The Labute approximate surface area is 143 Å². The Morgan fingerprint density at radius 3 is 2.26 bits per heavy atom. The molecule has 1 N–H and O–H groups in total. The van der Waals surface area contributed by atoms with E-state index >= 15 is 0 Å². The number of piperidine rings is 1. The molecule has 0 aromatic heterocycles. The standard InChI is InChI=1S/C19H37N3O/c1-16-6-8-18(9-7-16)21(3)19(23)20-12-4-5-13-22-14-10-17(2)11-15-22/h16-18H,4-15H2,1-3H3,(H,20,23). The molecule has 1 aliphatic carbocycles. The predicted octanol–water partition coefficient (Wildman–Crippen LogP) is 3.72. The zero-order valence-corrected chi connectivity index (χ0v) is 15.5. The minimum atomic E-state index is 0.122. The highest BCUT2D eigenvalue weighted by Gasteiger charge is 2.24. The molecule has 1 saturated heterocycles. The van der Waals surface area contributed by atoms with Crippen LogP contribution < -0.4 is 5.32 Å². The van der Waals surface area contributed by atoms with E-state index in [2.05, 4.69) is 24.1 Å². The fourth-order valence-electron chi connectivity index (χ4n) is 3.86. The number of carbonyl (C=O) groups is 1. The van der Waals surface area contributed by atoms with Crippen molar-refractivity contribution in [1.82, 2.24) is 15.1 Å². The molecule has 0 radical (unpaired) electrons. The van der Waals surface area contributed by atoms with E-state index in [-0.39, 0.29) is 6.03 Å². The van der Waals surface area contributed by atoms with Crippen molar-refractivity contribution < 1.29 is 4.79 Å². The predicted molar refractivity (Wildman–Crippen MR) is 96.7 cm³/mol. The highest BCUT2D eigenvalue weighted by Crippen LogP contribution is 2.26. The van der Waals surface area contributed by atoms with Gasteiger partial charge in [-0.3, -0.25) is 0 Å². The average Bonchev–Trinajstić information content (AvgIpc) is 2.56. The lowest BCUT2D eigenvalue weighted by atomic mass is 9.87. The third-order valence-corrected chi connectivity index (χ3v) is 5.91. The molecule has 0 unspecified atom stereocenters. The number of rotatable bonds is 6. The first-order valence-corrected chi connectivity index (χ1v) is 9.79. The fraction of sp³-hybridized carbons (Fsp3) is 0.947. The van der Waals surface area contributed by atoms with Gasteiger partial charge in [-0.1, -0.05) is 13.8 Å². The monoisotopic (exact) mass is 323 g/mol. The molecule has 0 atom stereocenters. The smallest absolute Gasteiger partial charge is 0.317 e. The van der Waals surface area contributed by atoms with Gasteiger partial charge in [0.2, 0.25) is 0 Å². The first-order valence-electron chi connectivity index (χ1n) is 9.79. The second-order valence-electron chi connectivity index (χ2n) is 7.99. The number of amides is 2. The fourth-order valence-corrected chi connectivity index (χ4v) is 3.86. The number of hydrogen-bond acceptors (Lipinski definition) is 2. The van der Waals surface area contributed by atoms with Crippen LogP contribution in [0.25, 0.3) is 0 Å². The molecule has 1 heterocycles. The minimum Gasteiger partial charge on any atom is -0.338 e. The van der Waals surface area contributed by atoms with Gasteiger partial charge in [0, 0.05) is 19.6 Å². The van der Waals surface area contributed by atoms with E-state index < -0.39 is 0 Å². The number of unbranched alkanes of at least 4 members (excludes halogenated alkanes) is 1. The van der Waals surface area contributed by atoms with Gasteiger partial charge in [0.15, 0.2) is 0 Å². The summed E-state index contributed by atoms with van der Waals surface area (Å²) in [6.07, 6.45) is 9.83. The molecule has 4 nitrogen and oxygen atoms in total. The van der Waals surface area contributed by atoms with Crippen molar-refractivity contribution in [2.45, 2.75) is 71.3 Å². The van der Waals surface area contributed by atoms with Gasteiger partial charge in [-0.25, -0.2) is 4.79 Å². The third-order valence-electron chi connectivity index (χ3n) is 5.91. The van der Waals surface area contributed by atoms with Gasteiger partial charge in [0.1, 0.15) is 0 Å².